The number of hydrogen-bond acceptors (Lipinski definition) is 3. The van der Waals surface area contributed by atoms with Crippen molar-refractivity contribution in [1.29, 1.82) is 0 Å². The van der Waals surface area contributed by atoms with E-state index in [1.807, 2.05) is 0 Å². The van der Waals surface area contributed by atoms with Gasteiger partial charge in [-0.15, -0.1) is 0 Å². The molecule has 3 nitrogen and oxygen atoms in total. The summed E-state index contributed by atoms with van der Waals surface area (Å²) >= 11 is 2.67. The summed E-state index contributed by atoms with van der Waals surface area (Å²) in [5.41, 5.74) is 0.624. The highest BCUT2D eigenvalue weighted by atomic mass is 79.9. The van der Waals surface area contributed by atoms with Crippen molar-refractivity contribution in [2.45, 2.75) is 0 Å². The molecule has 1 aromatic heterocycles. The third-order valence-corrected chi connectivity index (χ3v) is 1.41. The van der Waals surface area contributed by atoms with E-state index in [-0.39, 0.29) is 0 Å². The molecule has 0 aliphatic carbocycles. The van der Waals surface area contributed by atoms with Crippen LogP contribution in [0.5, 0.6) is 0 Å². The molecule has 0 spiro atoms. The van der Waals surface area contributed by atoms with Crippen molar-refractivity contribution >= 4 is 28.8 Å². The van der Waals surface area contributed by atoms with Crippen molar-refractivity contribution in [3.05, 3.63) is 24.5 Å². The predicted octanol–water partition coefficient (Wildman–Crippen LogP) is 0.0956. The Hall–Kier alpha value is -0.385. The molecule has 0 radical (unpaired) electrons. The van der Waals surface area contributed by atoms with Crippen molar-refractivity contribution in [1.82, 2.24) is 4.98 Å². The van der Waals surface area contributed by atoms with Gasteiger partial charge in [0.1, 0.15) is 0 Å². The monoisotopic (exact) mass is 201 g/mol. The summed E-state index contributed by atoms with van der Waals surface area (Å²) in [6.07, 6.45) is 3.16. The van der Waals surface area contributed by atoms with Crippen LogP contribution < -0.4 is 5.46 Å². The summed E-state index contributed by atoms with van der Waals surface area (Å²) in [6.45, 7) is 0. The standard InChI is InChI=1S/C5H5BBrNO2/c7-10-6(9)5-2-1-3-8-4-5/h1-4,9H. The van der Waals surface area contributed by atoms with Crippen molar-refractivity contribution < 1.29 is 8.77 Å². The van der Waals surface area contributed by atoms with Crippen LogP contribution in [0.15, 0.2) is 24.5 Å². The van der Waals surface area contributed by atoms with E-state index in [1.54, 1.807) is 18.3 Å². The van der Waals surface area contributed by atoms with Gasteiger partial charge in [-0.05, 0) is 6.07 Å². The average Bonchev–Trinajstić information content (AvgIpc) is 2.05. The molecule has 0 aromatic carbocycles. The molecule has 0 aliphatic rings. The summed E-state index contributed by atoms with van der Waals surface area (Å²) in [4.78, 5) is 3.79. The molecule has 0 atom stereocenters. The summed E-state index contributed by atoms with van der Waals surface area (Å²) in [5.74, 6) is 0. The SMILES string of the molecule is OB(OBr)c1cccnc1. The fourth-order valence-corrected chi connectivity index (χ4v) is 0.789. The first-order chi connectivity index (χ1) is 4.84. The maximum Gasteiger partial charge on any atom is 0.503 e. The number of hydrogen-bond donors (Lipinski definition) is 1. The van der Waals surface area contributed by atoms with E-state index in [4.69, 9.17) is 5.02 Å². The minimum atomic E-state index is -0.936. The highest BCUT2D eigenvalue weighted by Gasteiger charge is 2.14. The molecule has 1 N–H and O–H groups in total. The first kappa shape index (κ1) is 7.72. The lowest BCUT2D eigenvalue weighted by molar-refractivity contribution is 0.479. The predicted molar refractivity (Wildman–Crippen MR) is 41.9 cm³/mol. The van der Waals surface area contributed by atoms with Gasteiger partial charge in [-0.1, -0.05) is 6.07 Å². The molecule has 5 heteroatoms. The van der Waals surface area contributed by atoms with Gasteiger partial charge in [0.15, 0.2) is 0 Å². The van der Waals surface area contributed by atoms with Gasteiger partial charge in [-0.2, -0.15) is 0 Å². The van der Waals surface area contributed by atoms with E-state index in [1.165, 1.54) is 6.20 Å². The van der Waals surface area contributed by atoms with E-state index in [2.05, 4.69) is 25.0 Å². The van der Waals surface area contributed by atoms with Gasteiger partial charge in [0.05, 0.1) is 16.3 Å². The Balaban J connectivity index is 2.75. The van der Waals surface area contributed by atoms with Crippen LogP contribution in [0.3, 0.4) is 0 Å². The van der Waals surface area contributed by atoms with Crippen LogP contribution in [0.25, 0.3) is 0 Å². The molecule has 10 heavy (non-hydrogen) atoms. The van der Waals surface area contributed by atoms with Crippen LogP contribution in [0, 0.1) is 0 Å². The maximum absolute atomic E-state index is 9.02. The Bertz CT molecular complexity index is 196. The molecular weight excluding hydrogens is 197 g/mol. The Labute approximate surface area is 67.6 Å². The van der Waals surface area contributed by atoms with Crippen LogP contribution in [0.4, 0.5) is 0 Å². The fourth-order valence-electron chi connectivity index (χ4n) is 0.573. The van der Waals surface area contributed by atoms with E-state index in [0.29, 0.717) is 5.46 Å². The zero-order valence-corrected chi connectivity index (χ0v) is 6.65. The molecule has 1 heterocycles. The van der Waals surface area contributed by atoms with Gasteiger partial charge in [-0.3, -0.25) is 4.98 Å². The second-order valence-electron chi connectivity index (χ2n) is 1.73. The van der Waals surface area contributed by atoms with E-state index >= 15 is 0 Å². The molecule has 0 saturated carbocycles. The number of aromatic nitrogens is 1. The Morgan fingerprint density at radius 2 is 2.50 bits per heavy atom. The molecule has 0 bridgehead atoms. The lowest BCUT2D eigenvalue weighted by Crippen LogP contribution is -2.30. The first-order valence-electron chi connectivity index (χ1n) is 2.70. The molecule has 0 aliphatic heterocycles. The number of halogens is 1. The molecule has 0 unspecified atom stereocenters. The van der Waals surface area contributed by atoms with Gasteiger partial charge in [0.25, 0.3) is 0 Å². The van der Waals surface area contributed by atoms with Gasteiger partial charge in [0, 0.05) is 17.9 Å². The van der Waals surface area contributed by atoms with Gasteiger partial charge >= 0.3 is 7.12 Å². The normalized spacial score (nSPS) is 9.40. The van der Waals surface area contributed by atoms with Crippen molar-refractivity contribution in [2.24, 2.45) is 0 Å². The highest BCUT2D eigenvalue weighted by Crippen LogP contribution is 1.89. The van der Waals surface area contributed by atoms with Crippen molar-refractivity contribution in [3.63, 3.8) is 0 Å². The van der Waals surface area contributed by atoms with E-state index in [9.17, 15) is 0 Å². The zero-order chi connectivity index (χ0) is 7.40. The smallest absolute Gasteiger partial charge is 0.423 e. The van der Waals surface area contributed by atoms with Crippen LogP contribution in [-0.4, -0.2) is 17.1 Å². The van der Waals surface area contributed by atoms with Crippen LogP contribution in [-0.2, 0) is 3.75 Å². The Morgan fingerprint density at radius 1 is 1.70 bits per heavy atom. The molecule has 0 fully saturated rings. The average molecular weight is 202 g/mol. The van der Waals surface area contributed by atoms with Crippen LogP contribution >= 0.6 is 16.3 Å². The minimum absolute atomic E-state index is 0.624. The molecule has 52 valence electrons. The Kier molecular flexibility index (Phi) is 2.86. The van der Waals surface area contributed by atoms with E-state index in [0.717, 1.165) is 0 Å². The van der Waals surface area contributed by atoms with E-state index < -0.39 is 7.12 Å². The number of rotatable bonds is 2. The van der Waals surface area contributed by atoms with Gasteiger partial charge in [-0.25, -0.2) is 0 Å². The largest absolute Gasteiger partial charge is 0.503 e. The third-order valence-electron chi connectivity index (χ3n) is 1.05. The lowest BCUT2D eigenvalue weighted by Gasteiger charge is -1.98. The first-order valence-corrected chi connectivity index (χ1v) is 3.34. The topological polar surface area (TPSA) is 42.4 Å². The van der Waals surface area contributed by atoms with Crippen LogP contribution in [0.1, 0.15) is 0 Å². The summed E-state index contributed by atoms with van der Waals surface area (Å²) in [6, 6.07) is 3.45. The Morgan fingerprint density at radius 3 is 3.00 bits per heavy atom. The second kappa shape index (κ2) is 3.70. The zero-order valence-electron chi connectivity index (χ0n) is 5.07. The minimum Gasteiger partial charge on any atom is -0.423 e. The second-order valence-corrected chi connectivity index (χ2v) is 2.10. The summed E-state index contributed by atoms with van der Waals surface area (Å²) in [7, 11) is -0.936. The van der Waals surface area contributed by atoms with Crippen molar-refractivity contribution in [2.75, 3.05) is 0 Å². The lowest BCUT2D eigenvalue weighted by atomic mass is 9.82. The summed E-state index contributed by atoms with van der Waals surface area (Å²) in [5, 5.41) is 9.02. The maximum atomic E-state index is 9.02. The molecule has 0 saturated heterocycles. The molecule has 1 rings (SSSR count). The molecule has 0 amide bonds. The molecular formula is C5H5BBrNO2. The number of pyridine rings is 1. The molecule has 1 aromatic rings. The quantitative estimate of drug-likeness (QED) is 0.691. The fraction of sp³-hybridized carbons (Fsp3) is 0. The van der Waals surface area contributed by atoms with Crippen LogP contribution in [0.2, 0.25) is 0 Å². The number of nitrogens with zero attached hydrogens (tertiary/aromatic N) is 1. The third kappa shape index (κ3) is 1.80. The van der Waals surface area contributed by atoms with Gasteiger partial charge in [0.2, 0.25) is 0 Å². The highest BCUT2D eigenvalue weighted by molar-refractivity contribution is 9.06. The summed E-state index contributed by atoms with van der Waals surface area (Å²) < 4.78 is 4.46. The van der Waals surface area contributed by atoms with Crippen molar-refractivity contribution in [3.8, 4) is 0 Å². The van der Waals surface area contributed by atoms with Gasteiger partial charge < -0.3 is 8.77 Å².